The van der Waals surface area contributed by atoms with Crippen molar-refractivity contribution in [2.24, 2.45) is 0 Å². The molecule has 0 rings (SSSR count). The Hall–Kier alpha value is -0.850. The van der Waals surface area contributed by atoms with E-state index in [0.29, 0.717) is 6.42 Å². The van der Waals surface area contributed by atoms with Gasteiger partial charge in [-0.1, -0.05) is 19.8 Å². The molecule has 0 saturated carbocycles. The first-order valence-corrected chi connectivity index (χ1v) is 5.20. The number of carbonyl (C=O) groups is 1. The molecule has 0 aromatic carbocycles. The fourth-order valence-electron chi connectivity index (χ4n) is 1.06. The summed E-state index contributed by atoms with van der Waals surface area (Å²) in [6.45, 7) is 0.343. The maximum absolute atomic E-state index is 12.6. The topological polar surface area (TPSA) is 35.5 Å². The van der Waals surface area contributed by atoms with Crippen LogP contribution in [0.1, 0.15) is 26.2 Å². The van der Waals surface area contributed by atoms with E-state index in [4.69, 9.17) is 0 Å². The normalized spacial score (nSPS) is 13.8. The molecule has 0 spiro atoms. The van der Waals surface area contributed by atoms with Crippen LogP contribution in [0, 0.1) is 0 Å². The monoisotopic (exact) mass is 260 g/mol. The van der Waals surface area contributed by atoms with Crippen LogP contribution in [0.4, 0.5) is 17.6 Å². The Kier molecular flexibility index (Phi) is 7.10. The third kappa shape index (κ3) is 5.86. The second kappa shape index (κ2) is 7.47. The van der Waals surface area contributed by atoms with Gasteiger partial charge in [0.25, 0.3) is 0 Å². The molecule has 0 fully saturated rings. The van der Waals surface area contributed by atoms with Crippen LogP contribution in [0.15, 0.2) is 0 Å². The largest absolute Gasteiger partial charge is 0.467 e. The fourth-order valence-corrected chi connectivity index (χ4v) is 1.06. The van der Waals surface area contributed by atoms with E-state index in [2.05, 4.69) is 9.47 Å². The third-order valence-electron chi connectivity index (χ3n) is 2.08. The lowest BCUT2D eigenvalue weighted by atomic mass is 10.1. The Morgan fingerprint density at radius 2 is 1.94 bits per heavy atom. The van der Waals surface area contributed by atoms with Gasteiger partial charge in [0.2, 0.25) is 0 Å². The summed E-state index contributed by atoms with van der Waals surface area (Å²) in [4.78, 5) is 11.1. The molecule has 0 aliphatic heterocycles. The van der Waals surface area contributed by atoms with Crippen LogP contribution in [-0.2, 0) is 14.3 Å². The zero-order valence-electron chi connectivity index (χ0n) is 9.72. The minimum absolute atomic E-state index is 0.169. The molecule has 102 valence electrons. The number of halogens is 4. The van der Waals surface area contributed by atoms with Crippen molar-refractivity contribution in [3.05, 3.63) is 0 Å². The lowest BCUT2D eigenvalue weighted by Gasteiger charge is -2.20. The molecule has 17 heavy (non-hydrogen) atoms. The summed E-state index contributed by atoms with van der Waals surface area (Å²) < 4.78 is 57.7. The molecule has 0 saturated heterocycles. The first-order chi connectivity index (χ1) is 7.85. The van der Waals surface area contributed by atoms with Gasteiger partial charge in [-0.3, -0.25) is 0 Å². The highest BCUT2D eigenvalue weighted by atomic mass is 19.3. The van der Waals surface area contributed by atoms with Crippen LogP contribution in [0.2, 0.25) is 0 Å². The summed E-state index contributed by atoms with van der Waals surface area (Å²) in [7, 11) is 1.08. The Bertz CT molecular complexity index is 234. The molecule has 1 unspecified atom stereocenters. The van der Waals surface area contributed by atoms with E-state index >= 15 is 0 Å². The van der Waals surface area contributed by atoms with Gasteiger partial charge in [0.1, 0.15) is 6.61 Å². The van der Waals surface area contributed by atoms with Crippen molar-refractivity contribution < 1.29 is 31.8 Å². The van der Waals surface area contributed by atoms with E-state index < -0.39 is 31.0 Å². The standard InChI is InChI=1S/C10H16F4O3/c1-3-4-5-7(8(15)16-2)17-6-10(13,14)9(11)12/h7,9H,3-6H2,1-2H3. The van der Waals surface area contributed by atoms with Gasteiger partial charge in [-0.15, -0.1) is 0 Å². The number of rotatable bonds is 8. The number of carbonyl (C=O) groups excluding carboxylic acids is 1. The maximum atomic E-state index is 12.6. The molecular weight excluding hydrogens is 244 g/mol. The van der Waals surface area contributed by atoms with Gasteiger partial charge in [0.05, 0.1) is 7.11 Å². The minimum Gasteiger partial charge on any atom is -0.467 e. The van der Waals surface area contributed by atoms with Gasteiger partial charge in [0, 0.05) is 0 Å². The SMILES string of the molecule is CCCCC(OCC(F)(F)C(F)F)C(=O)OC. The Balaban J connectivity index is 4.29. The zero-order chi connectivity index (χ0) is 13.5. The summed E-state index contributed by atoms with van der Waals surface area (Å²) in [6, 6.07) is 0. The molecule has 0 aromatic heterocycles. The predicted octanol–water partition coefficient (Wildman–Crippen LogP) is 2.64. The van der Waals surface area contributed by atoms with Gasteiger partial charge >= 0.3 is 18.3 Å². The first kappa shape index (κ1) is 16.1. The van der Waals surface area contributed by atoms with Crippen molar-refractivity contribution in [2.75, 3.05) is 13.7 Å². The Morgan fingerprint density at radius 1 is 1.35 bits per heavy atom. The van der Waals surface area contributed by atoms with E-state index in [9.17, 15) is 22.4 Å². The average Bonchev–Trinajstić information content (AvgIpc) is 2.28. The number of esters is 1. The second-order valence-electron chi connectivity index (χ2n) is 3.53. The van der Waals surface area contributed by atoms with Crippen LogP contribution >= 0.6 is 0 Å². The van der Waals surface area contributed by atoms with E-state index in [1.54, 1.807) is 0 Å². The molecule has 1 atom stereocenters. The van der Waals surface area contributed by atoms with E-state index in [0.717, 1.165) is 13.5 Å². The molecule has 0 heterocycles. The highest BCUT2D eigenvalue weighted by Gasteiger charge is 2.42. The number of hydrogen-bond donors (Lipinski definition) is 0. The molecule has 3 nitrogen and oxygen atoms in total. The molecule has 7 heteroatoms. The molecule has 0 aliphatic rings. The van der Waals surface area contributed by atoms with Crippen LogP contribution in [-0.4, -0.2) is 38.1 Å². The number of ether oxygens (including phenoxy) is 2. The van der Waals surface area contributed by atoms with Crippen LogP contribution in [0.3, 0.4) is 0 Å². The van der Waals surface area contributed by atoms with E-state index in [-0.39, 0.29) is 6.42 Å². The minimum atomic E-state index is -4.25. The van der Waals surface area contributed by atoms with Gasteiger partial charge in [-0.25, -0.2) is 13.6 Å². The van der Waals surface area contributed by atoms with Crippen molar-refractivity contribution in [3.63, 3.8) is 0 Å². The third-order valence-corrected chi connectivity index (χ3v) is 2.08. The van der Waals surface area contributed by atoms with Crippen molar-refractivity contribution in [2.45, 2.75) is 44.6 Å². The molecular formula is C10H16F4O3. The summed E-state index contributed by atoms with van der Waals surface area (Å²) >= 11 is 0. The average molecular weight is 260 g/mol. The van der Waals surface area contributed by atoms with Crippen LogP contribution < -0.4 is 0 Å². The highest BCUT2D eigenvalue weighted by molar-refractivity contribution is 5.74. The van der Waals surface area contributed by atoms with E-state index in [1.165, 1.54) is 0 Å². The number of unbranched alkanes of at least 4 members (excludes halogenated alkanes) is 1. The van der Waals surface area contributed by atoms with Gasteiger partial charge in [-0.2, -0.15) is 8.78 Å². The summed E-state index contributed by atoms with van der Waals surface area (Å²) in [5, 5.41) is 0. The van der Waals surface area contributed by atoms with Gasteiger partial charge < -0.3 is 9.47 Å². The van der Waals surface area contributed by atoms with Crippen LogP contribution in [0.5, 0.6) is 0 Å². The maximum Gasteiger partial charge on any atom is 0.334 e. The highest BCUT2D eigenvalue weighted by Crippen LogP contribution is 2.24. The smallest absolute Gasteiger partial charge is 0.334 e. The fraction of sp³-hybridized carbons (Fsp3) is 0.900. The first-order valence-electron chi connectivity index (χ1n) is 5.20. The van der Waals surface area contributed by atoms with Crippen molar-refractivity contribution >= 4 is 5.97 Å². The van der Waals surface area contributed by atoms with Crippen molar-refractivity contribution in [3.8, 4) is 0 Å². The van der Waals surface area contributed by atoms with Crippen molar-refractivity contribution in [1.29, 1.82) is 0 Å². The number of hydrogen-bond acceptors (Lipinski definition) is 3. The summed E-state index contributed by atoms with van der Waals surface area (Å²) in [5.74, 6) is -5.08. The zero-order valence-corrected chi connectivity index (χ0v) is 9.72. The molecule has 0 aliphatic carbocycles. The van der Waals surface area contributed by atoms with E-state index in [1.807, 2.05) is 6.92 Å². The molecule has 0 radical (unpaired) electrons. The molecule has 0 bridgehead atoms. The Morgan fingerprint density at radius 3 is 2.35 bits per heavy atom. The number of methoxy groups -OCH3 is 1. The van der Waals surface area contributed by atoms with Gasteiger partial charge in [-0.05, 0) is 6.42 Å². The Labute approximate surface area is 97.1 Å². The summed E-state index contributed by atoms with van der Waals surface area (Å²) in [6.07, 6.45) is -3.58. The summed E-state index contributed by atoms with van der Waals surface area (Å²) in [5.41, 5.74) is 0. The lowest BCUT2D eigenvalue weighted by Crippen LogP contribution is -2.37. The van der Waals surface area contributed by atoms with Crippen molar-refractivity contribution in [1.82, 2.24) is 0 Å². The second-order valence-corrected chi connectivity index (χ2v) is 3.53. The van der Waals surface area contributed by atoms with Crippen LogP contribution in [0.25, 0.3) is 0 Å². The number of alkyl halides is 4. The molecule has 0 amide bonds. The lowest BCUT2D eigenvalue weighted by molar-refractivity contribution is -0.187. The molecule has 0 aromatic rings. The van der Waals surface area contributed by atoms with Gasteiger partial charge in [0.15, 0.2) is 6.10 Å². The quantitative estimate of drug-likeness (QED) is 0.497. The predicted molar refractivity (Wildman–Crippen MR) is 52.2 cm³/mol. The molecule has 0 N–H and O–H groups in total.